The number of nitrogens with zero attached hydrogens (tertiary/aromatic N) is 2. The zero-order valence-corrected chi connectivity index (χ0v) is 11.8. The third-order valence-corrected chi connectivity index (χ3v) is 4.19. The van der Waals surface area contributed by atoms with Crippen LogP contribution >= 0.6 is 0 Å². The lowest BCUT2D eigenvalue weighted by Crippen LogP contribution is -2.41. The smallest absolute Gasteiger partial charge is 0.255 e. The quantitative estimate of drug-likeness (QED) is 0.864. The van der Waals surface area contributed by atoms with Crippen molar-refractivity contribution in [3.63, 3.8) is 0 Å². The molecule has 1 aliphatic heterocycles. The normalized spacial score (nSPS) is 16.7. The first kappa shape index (κ1) is 13.6. The van der Waals surface area contributed by atoms with Crippen LogP contribution in [0.25, 0.3) is 0 Å². The zero-order chi connectivity index (χ0) is 14.2. The molecule has 0 spiro atoms. The summed E-state index contributed by atoms with van der Waals surface area (Å²) in [5.74, 6) is -0.273. The van der Waals surface area contributed by atoms with Gasteiger partial charge in [0.05, 0.1) is 5.56 Å². The number of aromatic nitrogens is 1. The van der Waals surface area contributed by atoms with Crippen LogP contribution in [0.3, 0.4) is 0 Å². The number of hydrogen-bond donors (Lipinski definition) is 1. The molecular weight excluding hydrogens is 242 g/mol. The van der Waals surface area contributed by atoms with Gasteiger partial charge in [0.2, 0.25) is 5.91 Å². The van der Waals surface area contributed by atoms with Gasteiger partial charge in [0.15, 0.2) is 0 Å². The SMILES string of the molecule is Cc1cc(C(=O)N2CCC(C(N)=O)CC2)c(C)n1C. The molecular formula is C14H21N3O2. The van der Waals surface area contributed by atoms with E-state index < -0.39 is 0 Å². The minimum Gasteiger partial charge on any atom is -0.369 e. The van der Waals surface area contributed by atoms with E-state index in [9.17, 15) is 9.59 Å². The van der Waals surface area contributed by atoms with Crippen LogP contribution in [-0.2, 0) is 11.8 Å². The van der Waals surface area contributed by atoms with Crippen LogP contribution in [0.1, 0.15) is 34.6 Å². The summed E-state index contributed by atoms with van der Waals surface area (Å²) in [5, 5.41) is 0. The maximum atomic E-state index is 12.5. The van der Waals surface area contributed by atoms with Gasteiger partial charge in [0, 0.05) is 37.4 Å². The summed E-state index contributed by atoms with van der Waals surface area (Å²) in [7, 11) is 1.96. The Morgan fingerprint density at radius 2 is 1.84 bits per heavy atom. The van der Waals surface area contributed by atoms with E-state index in [1.54, 1.807) is 0 Å². The van der Waals surface area contributed by atoms with E-state index in [0.717, 1.165) is 17.0 Å². The van der Waals surface area contributed by atoms with Crippen molar-refractivity contribution in [2.75, 3.05) is 13.1 Å². The highest BCUT2D eigenvalue weighted by Gasteiger charge is 2.27. The number of carbonyl (C=O) groups is 2. The molecule has 0 aromatic carbocycles. The molecule has 0 saturated carbocycles. The van der Waals surface area contributed by atoms with E-state index in [2.05, 4.69) is 0 Å². The molecule has 5 heteroatoms. The number of nitrogens with two attached hydrogens (primary N) is 1. The molecule has 1 fully saturated rings. The third-order valence-electron chi connectivity index (χ3n) is 4.19. The number of carbonyl (C=O) groups excluding carboxylic acids is 2. The number of likely N-dealkylation sites (tertiary alicyclic amines) is 1. The van der Waals surface area contributed by atoms with Crippen molar-refractivity contribution in [2.45, 2.75) is 26.7 Å². The Bertz CT molecular complexity index is 511. The first-order valence-corrected chi connectivity index (χ1v) is 6.63. The Balaban J connectivity index is 2.09. The molecule has 2 amide bonds. The minimum atomic E-state index is -0.251. The number of hydrogen-bond acceptors (Lipinski definition) is 2. The van der Waals surface area contributed by atoms with Gasteiger partial charge in [0.25, 0.3) is 5.91 Å². The summed E-state index contributed by atoms with van der Waals surface area (Å²) in [6.45, 7) is 5.17. The first-order chi connectivity index (χ1) is 8.91. The van der Waals surface area contributed by atoms with Crippen LogP contribution in [0.2, 0.25) is 0 Å². The molecule has 1 aromatic rings. The van der Waals surface area contributed by atoms with Crippen molar-refractivity contribution in [2.24, 2.45) is 18.7 Å². The van der Waals surface area contributed by atoms with E-state index in [1.807, 2.05) is 36.4 Å². The molecule has 1 aromatic heterocycles. The van der Waals surface area contributed by atoms with Gasteiger partial charge in [-0.25, -0.2) is 0 Å². The summed E-state index contributed by atoms with van der Waals surface area (Å²) < 4.78 is 2.02. The van der Waals surface area contributed by atoms with E-state index in [0.29, 0.717) is 25.9 Å². The van der Waals surface area contributed by atoms with E-state index >= 15 is 0 Å². The molecule has 2 rings (SSSR count). The van der Waals surface area contributed by atoms with Crippen molar-refractivity contribution in [1.82, 2.24) is 9.47 Å². The second kappa shape index (κ2) is 5.07. The lowest BCUT2D eigenvalue weighted by molar-refractivity contribution is -0.123. The molecule has 1 aliphatic rings. The first-order valence-electron chi connectivity index (χ1n) is 6.63. The zero-order valence-electron chi connectivity index (χ0n) is 11.8. The largest absolute Gasteiger partial charge is 0.369 e. The summed E-state index contributed by atoms with van der Waals surface area (Å²) in [4.78, 5) is 25.4. The molecule has 0 atom stereocenters. The van der Waals surface area contributed by atoms with Crippen LogP contribution in [0, 0.1) is 19.8 Å². The van der Waals surface area contributed by atoms with Gasteiger partial charge in [-0.2, -0.15) is 0 Å². The highest BCUT2D eigenvalue weighted by Crippen LogP contribution is 2.21. The van der Waals surface area contributed by atoms with Gasteiger partial charge < -0.3 is 15.2 Å². The van der Waals surface area contributed by atoms with Crippen LogP contribution in [0.5, 0.6) is 0 Å². The lowest BCUT2D eigenvalue weighted by Gasteiger charge is -2.30. The van der Waals surface area contributed by atoms with Gasteiger partial charge in [-0.3, -0.25) is 9.59 Å². The summed E-state index contributed by atoms with van der Waals surface area (Å²) in [5.41, 5.74) is 8.13. The summed E-state index contributed by atoms with van der Waals surface area (Å²) in [6, 6.07) is 1.93. The second-order valence-electron chi connectivity index (χ2n) is 5.31. The Kier molecular flexibility index (Phi) is 3.64. The van der Waals surface area contributed by atoms with Gasteiger partial charge in [-0.15, -0.1) is 0 Å². The van der Waals surface area contributed by atoms with Crippen LogP contribution in [-0.4, -0.2) is 34.4 Å². The number of aryl methyl sites for hydroxylation is 1. The molecule has 0 radical (unpaired) electrons. The minimum absolute atomic E-state index is 0.0594. The van der Waals surface area contributed by atoms with Crippen LogP contribution in [0.4, 0.5) is 0 Å². The van der Waals surface area contributed by atoms with Gasteiger partial charge in [-0.05, 0) is 32.8 Å². The van der Waals surface area contributed by atoms with Crippen molar-refractivity contribution in [1.29, 1.82) is 0 Å². The summed E-state index contributed by atoms with van der Waals surface area (Å²) in [6.07, 6.45) is 1.35. The Labute approximate surface area is 113 Å². The predicted molar refractivity (Wildman–Crippen MR) is 72.7 cm³/mol. The van der Waals surface area contributed by atoms with Crippen molar-refractivity contribution in [3.8, 4) is 0 Å². The Hall–Kier alpha value is -1.78. The molecule has 0 unspecified atom stereocenters. The van der Waals surface area contributed by atoms with Gasteiger partial charge in [0.1, 0.15) is 0 Å². The topological polar surface area (TPSA) is 68.3 Å². The van der Waals surface area contributed by atoms with E-state index in [-0.39, 0.29) is 17.7 Å². The highest BCUT2D eigenvalue weighted by atomic mass is 16.2. The van der Waals surface area contributed by atoms with E-state index in [4.69, 9.17) is 5.73 Å². The van der Waals surface area contributed by atoms with Gasteiger partial charge in [-0.1, -0.05) is 0 Å². The Morgan fingerprint density at radius 3 is 2.26 bits per heavy atom. The number of primary amides is 1. The fraction of sp³-hybridized carbons (Fsp3) is 0.571. The van der Waals surface area contributed by atoms with Crippen molar-refractivity contribution < 1.29 is 9.59 Å². The maximum absolute atomic E-state index is 12.5. The van der Waals surface area contributed by atoms with Crippen LogP contribution < -0.4 is 5.73 Å². The monoisotopic (exact) mass is 263 g/mol. The fourth-order valence-corrected chi connectivity index (χ4v) is 2.61. The van der Waals surface area contributed by atoms with Crippen molar-refractivity contribution in [3.05, 3.63) is 23.0 Å². The van der Waals surface area contributed by atoms with E-state index in [1.165, 1.54) is 0 Å². The predicted octanol–water partition coefficient (Wildman–Crippen LogP) is 0.979. The maximum Gasteiger partial charge on any atom is 0.255 e. The molecule has 5 nitrogen and oxygen atoms in total. The second-order valence-corrected chi connectivity index (χ2v) is 5.31. The molecule has 1 saturated heterocycles. The number of amides is 2. The molecule has 0 bridgehead atoms. The highest BCUT2D eigenvalue weighted by molar-refractivity contribution is 5.96. The van der Waals surface area contributed by atoms with Crippen LogP contribution in [0.15, 0.2) is 6.07 Å². The third kappa shape index (κ3) is 2.50. The standard InChI is InChI=1S/C14H21N3O2/c1-9-8-12(10(2)16(9)3)14(19)17-6-4-11(5-7-17)13(15)18/h8,11H,4-7H2,1-3H3,(H2,15,18). The average molecular weight is 263 g/mol. The molecule has 104 valence electrons. The lowest BCUT2D eigenvalue weighted by atomic mass is 9.96. The van der Waals surface area contributed by atoms with Gasteiger partial charge >= 0.3 is 0 Å². The summed E-state index contributed by atoms with van der Waals surface area (Å²) >= 11 is 0. The molecule has 2 N–H and O–H groups in total. The molecule has 2 heterocycles. The molecule has 0 aliphatic carbocycles. The fourth-order valence-electron chi connectivity index (χ4n) is 2.61. The number of rotatable bonds is 2. The molecule has 19 heavy (non-hydrogen) atoms. The average Bonchev–Trinajstić information content (AvgIpc) is 2.66. The number of piperidine rings is 1. The Morgan fingerprint density at radius 1 is 1.26 bits per heavy atom. The van der Waals surface area contributed by atoms with Crippen molar-refractivity contribution >= 4 is 11.8 Å².